The number of nitrogens with zero attached hydrogens (tertiary/aromatic N) is 2. The molecule has 0 spiro atoms. The Bertz CT molecular complexity index is 898. The Balaban J connectivity index is 2.02. The number of rotatable bonds is 3. The van der Waals surface area contributed by atoms with Gasteiger partial charge in [0.2, 0.25) is 0 Å². The molecule has 2 heterocycles. The predicted molar refractivity (Wildman–Crippen MR) is 83.7 cm³/mol. The molecule has 1 aromatic carbocycles. The van der Waals surface area contributed by atoms with Gasteiger partial charge in [0.15, 0.2) is 5.65 Å². The number of benzene rings is 1. The van der Waals surface area contributed by atoms with E-state index >= 15 is 0 Å². The van der Waals surface area contributed by atoms with Crippen molar-refractivity contribution in [3.63, 3.8) is 0 Å². The number of aliphatic hydroxyl groups is 1. The molecule has 0 fully saturated rings. The molecule has 0 aliphatic rings. The van der Waals surface area contributed by atoms with Gasteiger partial charge in [-0.1, -0.05) is 0 Å². The molecule has 0 atom stereocenters. The van der Waals surface area contributed by atoms with Gasteiger partial charge in [-0.3, -0.25) is 4.79 Å². The van der Waals surface area contributed by atoms with E-state index in [0.29, 0.717) is 22.5 Å². The van der Waals surface area contributed by atoms with Crippen LogP contribution in [0.5, 0.6) is 5.75 Å². The summed E-state index contributed by atoms with van der Waals surface area (Å²) in [5.74, 6) is 0.633. The number of aromatic nitrogens is 3. The Hall–Kier alpha value is -3.15. The number of ether oxygens (including phenoxy) is 1. The number of methoxy groups -OCH3 is 1. The highest BCUT2D eigenvalue weighted by Crippen LogP contribution is 2.18. The van der Waals surface area contributed by atoms with Crippen molar-refractivity contribution >= 4 is 23.0 Å². The van der Waals surface area contributed by atoms with Crippen molar-refractivity contribution < 1.29 is 9.84 Å². The number of pyridine rings is 1. The number of fused-ring (bicyclic) bond motifs is 1. The number of H-pyrrole nitrogens is 1. The molecule has 0 saturated carbocycles. The summed E-state index contributed by atoms with van der Waals surface area (Å²) < 4.78 is 5.06. The highest BCUT2D eigenvalue weighted by atomic mass is 16.5. The minimum atomic E-state index is -0.411. The fourth-order valence-electron chi connectivity index (χ4n) is 2.01. The Morgan fingerprint density at radius 1 is 1.27 bits per heavy atom. The lowest BCUT2D eigenvalue weighted by Crippen LogP contribution is -2.12. The number of hydrogen-bond donors (Lipinski definition) is 2. The standard InChI is InChI=1S/C16H13N3O3/c1-22-11-6-4-10(5-7-11)14(20)9-13-16(21)19-15-12(18-13)3-2-8-17-15/h2-9,20H,1H3,(H,17,19,21)/b14-9-. The van der Waals surface area contributed by atoms with Crippen molar-refractivity contribution in [1.29, 1.82) is 0 Å². The lowest BCUT2D eigenvalue weighted by Gasteiger charge is -2.03. The molecule has 0 bridgehead atoms. The Morgan fingerprint density at radius 3 is 2.77 bits per heavy atom. The van der Waals surface area contributed by atoms with Gasteiger partial charge in [0, 0.05) is 17.8 Å². The topological polar surface area (TPSA) is 88.1 Å². The van der Waals surface area contributed by atoms with Crippen molar-refractivity contribution in [3.8, 4) is 5.75 Å². The molecule has 2 aromatic heterocycles. The molecule has 22 heavy (non-hydrogen) atoms. The quantitative estimate of drug-likeness (QED) is 0.724. The number of hydrogen-bond acceptors (Lipinski definition) is 5. The summed E-state index contributed by atoms with van der Waals surface area (Å²) in [6, 6.07) is 10.3. The first kappa shape index (κ1) is 13.8. The molecule has 0 aliphatic heterocycles. The molecule has 6 nitrogen and oxygen atoms in total. The van der Waals surface area contributed by atoms with E-state index in [1.165, 1.54) is 6.08 Å². The van der Waals surface area contributed by atoms with Crippen molar-refractivity contribution in [1.82, 2.24) is 15.0 Å². The molecule has 110 valence electrons. The van der Waals surface area contributed by atoms with Crippen LogP contribution in [0.15, 0.2) is 47.4 Å². The fraction of sp³-hybridized carbons (Fsp3) is 0.0625. The molecule has 3 rings (SSSR count). The zero-order valence-electron chi connectivity index (χ0n) is 11.8. The highest BCUT2D eigenvalue weighted by molar-refractivity contribution is 5.77. The van der Waals surface area contributed by atoms with E-state index in [1.54, 1.807) is 49.7 Å². The lowest BCUT2D eigenvalue weighted by molar-refractivity contribution is 0.414. The molecule has 0 unspecified atom stereocenters. The van der Waals surface area contributed by atoms with E-state index in [0.717, 1.165) is 0 Å². The predicted octanol–water partition coefficient (Wildman–Crippen LogP) is 2.38. The maximum atomic E-state index is 12.0. The van der Waals surface area contributed by atoms with Gasteiger partial charge < -0.3 is 14.8 Å². The average molecular weight is 295 g/mol. The Kier molecular flexibility index (Phi) is 3.57. The van der Waals surface area contributed by atoms with Crippen LogP contribution in [0, 0.1) is 0 Å². The van der Waals surface area contributed by atoms with Gasteiger partial charge in [-0.15, -0.1) is 0 Å². The maximum absolute atomic E-state index is 12.0. The fourth-order valence-corrected chi connectivity index (χ4v) is 2.01. The van der Waals surface area contributed by atoms with E-state index in [4.69, 9.17) is 4.74 Å². The van der Waals surface area contributed by atoms with Crippen LogP contribution < -0.4 is 10.3 Å². The van der Waals surface area contributed by atoms with Gasteiger partial charge in [-0.25, -0.2) is 9.97 Å². The molecular weight excluding hydrogens is 282 g/mol. The summed E-state index contributed by atoms with van der Waals surface area (Å²) in [6.07, 6.45) is 2.90. The first-order chi connectivity index (χ1) is 10.7. The van der Waals surface area contributed by atoms with Gasteiger partial charge in [0.25, 0.3) is 5.56 Å². The van der Waals surface area contributed by atoms with E-state index in [-0.39, 0.29) is 11.5 Å². The number of aliphatic hydroxyl groups excluding tert-OH is 1. The van der Waals surface area contributed by atoms with Crippen molar-refractivity contribution in [2.45, 2.75) is 0 Å². The van der Waals surface area contributed by atoms with Crippen molar-refractivity contribution in [2.75, 3.05) is 7.11 Å². The third-order valence-electron chi connectivity index (χ3n) is 3.15. The Labute approximate surface area is 125 Å². The molecule has 3 aromatic rings. The molecule has 2 N–H and O–H groups in total. The molecule has 0 aliphatic carbocycles. The molecule has 0 saturated heterocycles. The van der Waals surface area contributed by atoms with Gasteiger partial charge in [0.05, 0.1) is 7.11 Å². The van der Waals surface area contributed by atoms with E-state index in [1.807, 2.05) is 0 Å². The second-order valence-electron chi connectivity index (χ2n) is 4.58. The molecular formula is C16H13N3O3. The molecule has 0 amide bonds. The lowest BCUT2D eigenvalue weighted by atomic mass is 10.1. The summed E-state index contributed by atoms with van der Waals surface area (Å²) in [4.78, 5) is 22.8. The van der Waals surface area contributed by atoms with Crippen molar-refractivity contribution in [3.05, 3.63) is 64.2 Å². The smallest absolute Gasteiger partial charge is 0.275 e. The second kappa shape index (κ2) is 5.69. The minimum Gasteiger partial charge on any atom is -0.507 e. The van der Waals surface area contributed by atoms with E-state index in [9.17, 15) is 9.90 Å². The van der Waals surface area contributed by atoms with Crippen LogP contribution >= 0.6 is 0 Å². The van der Waals surface area contributed by atoms with Gasteiger partial charge in [0.1, 0.15) is 22.7 Å². The van der Waals surface area contributed by atoms with Crippen LogP contribution in [0.1, 0.15) is 11.3 Å². The van der Waals surface area contributed by atoms with Gasteiger partial charge >= 0.3 is 0 Å². The van der Waals surface area contributed by atoms with Crippen LogP contribution in [-0.2, 0) is 0 Å². The van der Waals surface area contributed by atoms with Gasteiger partial charge in [-0.2, -0.15) is 0 Å². The van der Waals surface area contributed by atoms with Crippen LogP contribution in [0.2, 0.25) is 0 Å². The third-order valence-corrected chi connectivity index (χ3v) is 3.15. The van der Waals surface area contributed by atoms with Crippen LogP contribution in [0.4, 0.5) is 0 Å². The highest BCUT2D eigenvalue weighted by Gasteiger charge is 2.06. The zero-order valence-corrected chi connectivity index (χ0v) is 11.8. The third kappa shape index (κ3) is 2.67. The van der Waals surface area contributed by atoms with E-state index < -0.39 is 5.56 Å². The molecule has 6 heteroatoms. The normalized spacial score (nSPS) is 11.6. The average Bonchev–Trinajstić information content (AvgIpc) is 2.55. The first-order valence-corrected chi connectivity index (χ1v) is 6.57. The summed E-state index contributed by atoms with van der Waals surface area (Å²) in [5.41, 5.74) is 1.23. The SMILES string of the molecule is COc1ccc(/C(O)=C/c2nc3cccnc3[nH]c2=O)cc1. The number of nitrogens with one attached hydrogen (secondary N) is 1. The minimum absolute atomic E-state index is 0.0520. The first-order valence-electron chi connectivity index (χ1n) is 6.57. The largest absolute Gasteiger partial charge is 0.507 e. The van der Waals surface area contributed by atoms with Crippen LogP contribution in [0.3, 0.4) is 0 Å². The monoisotopic (exact) mass is 295 g/mol. The summed E-state index contributed by atoms with van der Waals surface area (Å²) >= 11 is 0. The van der Waals surface area contributed by atoms with Crippen LogP contribution in [-0.4, -0.2) is 27.2 Å². The second-order valence-corrected chi connectivity index (χ2v) is 4.58. The maximum Gasteiger partial charge on any atom is 0.275 e. The number of aromatic amines is 1. The summed E-state index contributed by atoms with van der Waals surface area (Å²) in [6.45, 7) is 0. The van der Waals surface area contributed by atoms with Crippen LogP contribution in [0.25, 0.3) is 23.0 Å². The van der Waals surface area contributed by atoms with Crippen molar-refractivity contribution in [2.24, 2.45) is 0 Å². The summed E-state index contributed by atoms with van der Waals surface area (Å²) in [7, 11) is 1.57. The zero-order chi connectivity index (χ0) is 15.5. The Morgan fingerprint density at radius 2 is 2.05 bits per heavy atom. The van der Waals surface area contributed by atoms with E-state index in [2.05, 4.69) is 15.0 Å². The summed E-state index contributed by atoms with van der Waals surface area (Å²) in [5, 5.41) is 10.1. The van der Waals surface area contributed by atoms with Gasteiger partial charge in [-0.05, 0) is 36.4 Å². The molecule has 0 radical (unpaired) electrons.